The van der Waals surface area contributed by atoms with Gasteiger partial charge < -0.3 is 5.32 Å². The molecule has 1 aliphatic rings. The number of rotatable bonds is 4. The van der Waals surface area contributed by atoms with Gasteiger partial charge in [0.15, 0.2) is 0 Å². The molecule has 0 radical (unpaired) electrons. The van der Waals surface area contributed by atoms with E-state index < -0.39 is 0 Å². The van der Waals surface area contributed by atoms with Crippen LogP contribution >= 0.6 is 0 Å². The van der Waals surface area contributed by atoms with Gasteiger partial charge in [-0.15, -0.1) is 0 Å². The molecule has 2 rings (SSSR count). The monoisotopic (exact) mass is 218 g/mol. The lowest BCUT2D eigenvalue weighted by molar-refractivity contribution is 0.345. The maximum atomic E-state index is 4.31. The Morgan fingerprint density at radius 2 is 2.12 bits per heavy atom. The fourth-order valence-corrected chi connectivity index (χ4v) is 2.51. The van der Waals surface area contributed by atoms with Crippen LogP contribution in [-0.4, -0.2) is 11.5 Å². The summed E-state index contributed by atoms with van der Waals surface area (Å²) in [4.78, 5) is 4.31. The van der Waals surface area contributed by atoms with Gasteiger partial charge in [-0.3, -0.25) is 0 Å². The molecule has 0 saturated heterocycles. The first kappa shape index (κ1) is 11.4. The Morgan fingerprint density at radius 3 is 2.88 bits per heavy atom. The van der Waals surface area contributed by atoms with Crippen LogP contribution in [0.1, 0.15) is 44.1 Å². The molecular formula is C14H22N2. The van der Waals surface area contributed by atoms with Crippen molar-refractivity contribution in [3.8, 4) is 0 Å². The van der Waals surface area contributed by atoms with E-state index in [0.29, 0.717) is 0 Å². The van der Waals surface area contributed by atoms with E-state index >= 15 is 0 Å². The van der Waals surface area contributed by atoms with Crippen LogP contribution in [-0.2, 0) is 0 Å². The molecule has 1 saturated carbocycles. The summed E-state index contributed by atoms with van der Waals surface area (Å²) in [6.07, 6.45) is 10.4. The molecule has 0 bridgehead atoms. The third-order valence-corrected chi connectivity index (χ3v) is 3.50. The van der Waals surface area contributed by atoms with Gasteiger partial charge in [0.05, 0.1) is 0 Å². The van der Waals surface area contributed by atoms with E-state index in [-0.39, 0.29) is 0 Å². The molecule has 1 aromatic heterocycles. The number of hydrogen-bond acceptors (Lipinski definition) is 2. The van der Waals surface area contributed by atoms with Crippen molar-refractivity contribution >= 4 is 5.82 Å². The van der Waals surface area contributed by atoms with Crippen molar-refractivity contribution in [1.29, 1.82) is 0 Å². The van der Waals surface area contributed by atoms with E-state index in [2.05, 4.69) is 23.3 Å². The third-order valence-electron chi connectivity index (χ3n) is 3.50. The van der Waals surface area contributed by atoms with E-state index in [1.807, 2.05) is 12.3 Å². The van der Waals surface area contributed by atoms with Gasteiger partial charge in [0, 0.05) is 12.7 Å². The van der Waals surface area contributed by atoms with Crippen LogP contribution in [0.3, 0.4) is 0 Å². The number of nitrogens with zero attached hydrogens (tertiary/aromatic N) is 1. The Hall–Kier alpha value is -1.05. The first-order valence-electron chi connectivity index (χ1n) is 6.51. The van der Waals surface area contributed by atoms with Crippen LogP contribution in [0.5, 0.6) is 0 Å². The molecule has 16 heavy (non-hydrogen) atoms. The van der Waals surface area contributed by atoms with Crippen LogP contribution in [0.25, 0.3) is 0 Å². The number of aryl methyl sites for hydroxylation is 1. The van der Waals surface area contributed by atoms with Crippen molar-refractivity contribution in [3.63, 3.8) is 0 Å². The Morgan fingerprint density at radius 1 is 1.31 bits per heavy atom. The Balaban J connectivity index is 1.71. The van der Waals surface area contributed by atoms with Crippen molar-refractivity contribution in [2.45, 2.75) is 45.4 Å². The zero-order chi connectivity index (χ0) is 11.2. The minimum absolute atomic E-state index is 0.950. The summed E-state index contributed by atoms with van der Waals surface area (Å²) in [7, 11) is 0. The molecule has 1 aromatic rings. The van der Waals surface area contributed by atoms with Crippen molar-refractivity contribution in [2.75, 3.05) is 11.9 Å². The van der Waals surface area contributed by atoms with Gasteiger partial charge in [-0.25, -0.2) is 4.98 Å². The average molecular weight is 218 g/mol. The van der Waals surface area contributed by atoms with Crippen molar-refractivity contribution in [3.05, 3.63) is 23.9 Å². The number of aromatic nitrogens is 1. The summed E-state index contributed by atoms with van der Waals surface area (Å²) in [5.41, 5.74) is 1.27. The maximum absolute atomic E-state index is 4.31. The van der Waals surface area contributed by atoms with E-state index in [1.165, 1.54) is 44.1 Å². The predicted molar refractivity (Wildman–Crippen MR) is 68.7 cm³/mol. The summed E-state index contributed by atoms with van der Waals surface area (Å²) < 4.78 is 0. The van der Waals surface area contributed by atoms with Crippen molar-refractivity contribution < 1.29 is 0 Å². The predicted octanol–water partition coefficient (Wildman–Crippen LogP) is 3.77. The molecule has 0 amide bonds. The van der Waals surface area contributed by atoms with Gasteiger partial charge in [0.25, 0.3) is 0 Å². The Labute approximate surface area is 98.5 Å². The molecule has 0 unspecified atom stereocenters. The van der Waals surface area contributed by atoms with Crippen LogP contribution < -0.4 is 5.32 Å². The van der Waals surface area contributed by atoms with Gasteiger partial charge in [0.2, 0.25) is 0 Å². The molecule has 0 aliphatic heterocycles. The summed E-state index contributed by atoms with van der Waals surface area (Å²) in [6.45, 7) is 3.18. The highest BCUT2D eigenvalue weighted by Gasteiger charge is 2.12. The molecule has 2 heteroatoms. The number of hydrogen-bond donors (Lipinski definition) is 1. The van der Waals surface area contributed by atoms with Gasteiger partial charge >= 0.3 is 0 Å². The fraction of sp³-hybridized carbons (Fsp3) is 0.643. The van der Waals surface area contributed by atoms with Crippen molar-refractivity contribution in [2.24, 2.45) is 5.92 Å². The van der Waals surface area contributed by atoms with Gasteiger partial charge in [-0.1, -0.05) is 32.1 Å². The lowest BCUT2D eigenvalue weighted by Gasteiger charge is -2.21. The molecule has 1 aliphatic carbocycles. The first-order valence-corrected chi connectivity index (χ1v) is 6.51. The lowest BCUT2D eigenvalue weighted by Crippen LogP contribution is -2.12. The Kier molecular flexibility index (Phi) is 4.20. The summed E-state index contributed by atoms with van der Waals surface area (Å²) >= 11 is 0. The smallest absolute Gasteiger partial charge is 0.126 e. The average Bonchev–Trinajstić information content (AvgIpc) is 2.30. The van der Waals surface area contributed by atoms with E-state index in [1.54, 1.807) is 0 Å². The van der Waals surface area contributed by atoms with Gasteiger partial charge in [0.1, 0.15) is 5.82 Å². The van der Waals surface area contributed by atoms with E-state index in [9.17, 15) is 0 Å². The van der Waals surface area contributed by atoms with Crippen LogP contribution in [0.4, 0.5) is 5.82 Å². The molecule has 0 atom stereocenters. The zero-order valence-electron chi connectivity index (χ0n) is 10.2. The quantitative estimate of drug-likeness (QED) is 0.832. The molecule has 0 aromatic carbocycles. The van der Waals surface area contributed by atoms with Gasteiger partial charge in [-0.2, -0.15) is 0 Å². The number of anilines is 1. The van der Waals surface area contributed by atoms with Gasteiger partial charge in [-0.05, 0) is 37.0 Å². The van der Waals surface area contributed by atoms with Crippen molar-refractivity contribution in [1.82, 2.24) is 4.98 Å². The minimum Gasteiger partial charge on any atom is -0.370 e. The zero-order valence-corrected chi connectivity index (χ0v) is 10.2. The normalized spacial score (nSPS) is 17.3. The third kappa shape index (κ3) is 3.51. The Bertz CT molecular complexity index is 316. The molecule has 1 N–H and O–H groups in total. The first-order chi connectivity index (χ1) is 7.84. The number of nitrogens with one attached hydrogen (secondary N) is 1. The highest BCUT2D eigenvalue weighted by Crippen LogP contribution is 2.26. The molecule has 0 spiro atoms. The summed E-state index contributed by atoms with van der Waals surface area (Å²) in [6, 6.07) is 4.15. The highest BCUT2D eigenvalue weighted by molar-refractivity contribution is 5.36. The minimum atomic E-state index is 0.950. The number of pyridine rings is 1. The van der Waals surface area contributed by atoms with Crippen LogP contribution in [0.15, 0.2) is 18.3 Å². The molecular weight excluding hydrogens is 196 g/mol. The van der Waals surface area contributed by atoms with E-state index in [4.69, 9.17) is 0 Å². The lowest BCUT2D eigenvalue weighted by atomic mass is 9.87. The highest BCUT2D eigenvalue weighted by atomic mass is 15.0. The standard InChI is InChI=1S/C14H22N2/c1-12-7-9-15-14(11-12)16-10-8-13-5-3-2-4-6-13/h7,9,11,13H,2-6,8,10H2,1H3,(H,15,16). The summed E-state index contributed by atoms with van der Waals surface area (Å²) in [5, 5.41) is 3.42. The second-order valence-corrected chi connectivity index (χ2v) is 4.94. The largest absolute Gasteiger partial charge is 0.370 e. The van der Waals surface area contributed by atoms with Crippen LogP contribution in [0, 0.1) is 12.8 Å². The maximum Gasteiger partial charge on any atom is 0.126 e. The molecule has 88 valence electrons. The molecule has 1 fully saturated rings. The summed E-state index contributed by atoms with van der Waals surface area (Å²) in [5.74, 6) is 1.97. The second kappa shape index (κ2) is 5.88. The molecule has 2 nitrogen and oxygen atoms in total. The SMILES string of the molecule is Cc1ccnc(NCCC2CCCCC2)c1. The fourth-order valence-electron chi connectivity index (χ4n) is 2.51. The topological polar surface area (TPSA) is 24.9 Å². The van der Waals surface area contributed by atoms with Crippen LogP contribution in [0.2, 0.25) is 0 Å². The molecule has 1 heterocycles. The second-order valence-electron chi connectivity index (χ2n) is 4.94. The van der Waals surface area contributed by atoms with E-state index in [0.717, 1.165) is 18.3 Å².